The molecule has 1 aliphatic carbocycles. The first-order valence-corrected chi connectivity index (χ1v) is 13.2. The van der Waals surface area contributed by atoms with Crippen LogP contribution in [0.4, 0.5) is 11.5 Å². The molecule has 1 aromatic carbocycles. The number of sulfone groups is 1. The zero-order valence-electron chi connectivity index (χ0n) is 17.7. The average Bonchev–Trinajstić information content (AvgIpc) is 3.58. The Balaban J connectivity index is 1.41. The van der Waals surface area contributed by atoms with Gasteiger partial charge in [-0.2, -0.15) is 0 Å². The smallest absolute Gasteiger partial charge is 0.177 e. The highest BCUT2D eigenvalue weighted by Gasteiger charge is 2.27. The molecule has 0 aliphatic heterocycles. The summed E-state index contributed by atoms with van der Waals surface area (Å²) in [6.45, 7) is 0. The molecule has 33 heavy (non-hydrogen) atoms. The van der Waals surface area contributed by atoms with Crippen molar-refractivity contribution in [2.45, 2.75) is 23.7 Å². The number of nitrogens with zero attached hydrogens (tertiary/aromatic N) is 4. The van der Waals surface area contributed by atoms with Gasteiger partial charge in [0.15, 0.2) is 9.84 Å². The Bertz CT molecular complexity index is 1620. The number of pyridine rings is 3. The molecule has 7 nitrogen and oxygen atoms in total. The number of fused-ring (bicyclic) bond motifs is 2. The highest BCUT2D eigenvalue weighted by atomic mass is 32.2. The van der Waals surface area contributed by atoms with Crippen LogP contribution in [0.1, 0.15) is 23.8 Å². The van der Waals surface area contributed by atoms with Gasteiger partial charge in [0, 0.05) is 35.6 Å². The van der Waals surface area contributed by atoms with Gasteiger partial charge in [-0.05, 0) is 61.4 Å². The largest absolute Gasteiger partial charge is 0.340 e. The van der Waals surface area contributed by atoms with Crippen LogP contribution in [-0.4, -0.2) is 34.6 Å². The lowest BCUT2D eigenvalue weighted by molar-refractivity contribution is 0.601. The number of anilines is 2. The van der Waals surface area contributed by atoms with E-state index in [4.69, 9.17) is 9.97 Å². The second-order valence-corrected chi connectivity index (χ2v) is 11.3. The molecule has 0 atom stereocenters. The minimum atomic E-state index is -3.31. The molecule has 6 rings (SSSR count). The van der Waals surface area contributed by atoms with Gasteiger partial charge in [-0.3, -0.25) is 9.97 Å². The van der Waals surface area contributed by atoms with E-state index in [0.717, 1.165) is 33.1 Å². The van der Waals surface area contributed by atoms with E-state index in [1.165, 1.54) is 24.0 Å². The number of aromatic nitrogens is 4. The van der Waals surface area contributed by atoms with E-state index in [9.17, 15) is 8.42 Å². The predicted molar refractivity (Wildman–Crippen MR) is 131 cm³/mol. The van der Waals surface area contributed by atoms with Crippen molar-refractivity contribution in [3.63, 3.8) is 0 Å². The minimum absolute atomic E-state index is 0.173. The van der Waals surface area contributed by atoms with Gasteiger partial charge in [0.05, 0.1) is 37.0 Å². The number of thiazole rings is 1. The average molecular weight is 474 g/mol. The van der Waals surface area contributed by atoms with Crippen molar-refractivity contribution in [2.24, 2.45) is 0 Å². The van der Waals surface area contributed by atoms with E-state index in [2.05, 4.69) is 21.4 Å². The maximum absolute atomic E-state index is 11.8. The van der Waals surface area contributed by atoms with Gasteiger partial charge in [0.2, 0.25) is 0 Å². The van der Waals surface area contributed by atoms with E-state index in [1.54, 1.807) is 29.7 Å². The van der Waals surface area contributed by atoms with Crippen molar-refractivity contribution in [3.8, 4) is 11.4 Å². The number of hydrogen-bond donors (Lipinski definition) is 1. The van der Waals surface area contributed by atoms with E-state index >= 15 is 0 Å². The second kappa shape index (κ2) is 7.57. The maximum Gasteiger partial charge on any atom is 0.177 e. The Morgan fingerprint density at radius 2 is 1.85 bits per heavy atom. The third-order valence-corrected chi connectivity index (χ3v) is 7.90. The van der Waals surface area contributed by atoms with E-state index in [-0.39, 0.29) is 4.90 Å². The van der Waals surface area contributed by atoms with Gasteiger partial charge in [-0.1, -0.05) is 0 Å². The van der Waals surface area contributed by atoms with Gasteiger partial charge in [0.1, 0.15) is 5.82 Å². The molecule has 9 heteroatoms. The zero-order valence-corrected chi connectivity index (χ0v) is 19.3. The van der Waals surface area contributed by atoms with Crippen molar-refractivity contribution in [1.82, 2.24) is 19.9 Å². The SMILES string of the molecule is CS(=O)(=O)c1ccc(-c2cc3ncccc3c(Nc3ccc4nc(C5CC5)sc4c3)n2)nc1. The molecule has 164 valence electrons. The maximum atomic E-state index is 11.8. The fraction of sp³-hybridized carbons (Fsp3) is 0.167. The van der Waals surface area contributed by atoms with Crippen LogP contribution < -0.4 is 5.32 Å². The summed E-state index contributed by atoms with van der Waals surface area (Å²) in [5.41, 5.74) is 3.90. The van der Waals surface area contributed by atoms with Crippen LogP contribution in [0, 0.1) is 0 Å². The third-order valence-electron chi connectivity index (χ3n) is 5.62. The van der Waals surface area contributed by atoms with E-state index in [1.807, 2.05) is 30.3 Å². The topological polar surface area (TPSA) is 97.7 Å². The van der Waals surface area contributed by atoms with Crippen molar-refractivity contribution in [1.29, 1.82) is 0 Å². The number of rotatable bonds is 5. The van der Waals surface area contributed by atoms with Crippen LogP contribution >= 0.6 is 11.3 Å². The summed E-state index contributed by atoms with van der Waals surface area (Å²) < 4.78 is 24.7. The van der Waals surface area contributed by atoms with Crippen molar-refractivity contribution in [3.05, 3.63) is 65.9 Å². The minimum Gasteiger partial charge on any atom is -0.340 e. The molecular formula is C24H19N5O2S2. The van der Waals surface area contributed by atoms with Gasteiger partial charge in [-0.25, -0.2) is 18.4 Å². The molecule has 1 aliphatic rings. The van der Waals surface area contributed by atoms with Crippen LogP contribution in [0.2, 0.25) is 0 Å². The lowest BCUT2D eigenvalue weighted by Crippen LogP contribution is -2.00. The summed E-state index contributed by atoms with van der Waals surface area (Å²) >= 11 is 1.76. The summed E-state index contributed by atoms with van der Waals surface area (Å²) in [5.74, 6) is 1.30. The molecule has 5 aromatic rings. The Kier molecular flexibility index (Phi) is 4.63. The summed E-state index contributed by atoms with van der Waals surface area (Å²) in [6, 6.07) is 15.1. The lowest BCUT2D eigenvalue weighted by atomic mass is 10.1. The molecule has 1 fully saturated rings. The Morgan fingerprint density at radius 3 is 2.61 bits per heavy atom. The Labute approximate surface area is 194 Å². The van der Waals surface area contributed by atoms with Gasteiger partial charge >= 0.3 is 0 Å². The van der Waals surface area contributed by atoms with Crippen LogP contribution in [0.5, 0.6) is 0 Å². The molecule has 0 unspecified atom stereocenters. The fourth-order valence-corrected chi connectivity index (χ4v) is 5.45. The quantitative estimate of drug-likeness (QED) is 0.369. The van der Waals surface area contributed by atoms with E-state index < -0.39 is 9.84 Å². The number of nitrogens with one attached hydrogen (secondary N) is 1. The monoisotopic (exact) mass is 473 g/mol. The lowest BCUT2D eigenvalue weighted by Gasteiger charge is -2.11. The molecule has 0 amide bonds. The highest BCUT2D eigenvalue weighted by molar-refractivity contribution is 7.90. The van der Waals surface area contributed by atoms with Gasteiger partial charge in [-0.15, -0.1) is 11.3 Å². The number of hydrogen-bond acceptors (Lipinski definition) is 8. The van der Waals surface area contributed by atoms with Crippen molar-refractivity contribution < 1.29 is 8.42 Å². The molecule has 0 bridgehead atoms. The molecule has 4 aromatic heterocycles. The predicted octanol–water partition coefficient (Wildman–Crippen LogP) is 5.33. The molecule has 4 heterocycles. The fourth-order valence-electron chi connectivity index (χ4n) is 3.71. The van der Waals surface area contributed by atoms with Crippen LogP contribution in [-0.2, 0) is 9.84 Å². The van der Waals surface area contributed by atoms with Gasteiger partial charge < -0.3 is 5.32 Å². The highest BCUT2D eigenvalue weighted by Crippen LogP contribution is 2.43. The first kappa shape index (κ1) is 20.2. The third kappa shape index (κ3) is 3.94. The Hall–Kier alpha value is -3.43. The second-order valence-electron chi connectivity index (χ2n) is 8.21. The first-order valence-electron chi connectivity index (χ1n) is 10.5. The van der Waals surface area contributed by atoms with Crippen LogP contribution in [0.25, 0.3) is 32.5 Å². The standard InChI is InChI=1S/C24H19N5O2S2/c1-33(30,31)16-7-9-18(26-13-16)21-12-20-17(3-2-10-25-20)23(28-21)27-15-6-8-19-22(11-15)32-24(29-19)14-4-5-14/h2-3,6-14H,4-5H2,1H3,(H,27,28). The van der Waals surface area contributed by atoms with Crippen LogP contribution in [0.15, 0.2) is 65.8 Å². The normalized spacial score (nSPS) is 14.1. The van der Waals surface area contributed by atoms with E-state index in [0.29, 0.717) is 23.1 Å². The van der Waals surface area contributed by atoms with Gasteiger partial charge in [0.25, 0.3) is 0 Å². The Morgan fingerprint density at radius 1 is 0.970 bits per heavy atom. The van der Waals surface area contributed by atoms with Crippen molar-refractivity contribution >= 4 is 53.8 Å². The van der Waals surface area contributed by atoms with Crippen molar-refractivity contribution in [2.75, 3.05) is 11.6 Å². The first-order chi connectivity index (χ1) is 15.9. The molecule has 0 spiro atoms. The van der Waals surface area contributed by atoms with Crippen LogP contribution in [0.3, 0.4) is 0 Å². The molecular weight excluding hydrogens is 454 g/mol. The molecule has 0 radical (unpaired) electrons. The molecule has 1 saturated carbocycles. The summed E-state index contributed by atoms with van der Waals surface area (Å²) in [7, 11) is -3.31. The zero-order chi connectivity index (χ0) is 22.6. The molecule has 1 N–H and O–H groups in total. The summed E-state index contributed by atoms with van der Waals surface area (Å²) in [4.78, 5) is 18.6. The molecule has 0 saturated heterocycles. The summed E-state index contributed by atoms with van der Waals surface area (Å²) in [5, 5.41) is 5.55. The number of benzene rings is 1. The summed E-state index contributed by atoms with van der Waals surface area (Å²) in [6.07, 6.45) is 6.73.